The SMILES string of the molecule is CNCC[C@H](Oc1ccc(C(F)(F)F)cc1)c1ccccc1.O[C@@H](CCCl)c1ccccc1.S. The molecule has 0 radical (unpaired) electrons. The Kier molecular flexibility index (Phi) is 13.7. The predicted molar refractivity (Wildman–Crippen MR) is 137 cm³/mol. The zero-order chi connectivity index (χ0) is 24.1. The number of aliphatic hydroxyl groups excluding tert-OH is 1. The fourth-order valence-electron chi connectivity index (χ4n) is 3.07. The van der Waals surface area contributed by atoms with E-state index in [1.54, 1.807) is 0 Å². The van der Waals surface area contributed by atoms with Gasteiger partial charge in [0.25, 0.3) is 0 Å². The monoisotopic (exact) mass is 513 g/mol. The number of hydrogen-bond donors (Lipinski definition) is 2. The van der Waals surface area contributed by atoms with Crippen LogP contribution in [0.15, 0.2) is 84.9 Å². The van der Waals surface area contributed by atoms with Crippen molar-refractivity contribution in [2.45, 2.75) is 31.2 Å². The highest BCUT2D eigenvalue weighted by Gasteiger charge is 2.30. The van der Waals surface area contributed by atoms with Crippen molar-refractivity contribution in [3.05, 3.63) is 102 Å². The number of aliphatic hydroxyl groups is 1. The van der Waals surface area contributed by atoms with Gasteiger partial charge in [0.2, 0.25) is 0 Å². The van der Waals surface area contributed by atoms with E-state index in [0.29, 0.717) is 18.1 Å². The lowest BCUT2D eigenvalue weighted by Crippen LogP contribution is -2.16. The number of rotatable bonds is 9. The topological polar surface area (TPSA) is 41.5 Å². The summed E-state index contributed by atoms with van der Waals surface area (Å²) >= 11 is 5.49. The molecule has 0 bridgehead atoms. The molecule has 0 aromatic heterocycles. The Bertz CT molecular complexity index is 913. The molecule has 0 fully saturated rings. The summed E-state index contributed by atoms with van der Waals surface area (Å²) in [6.45, 7) is 0.750. The molecule has 0 heterocycles. The lowest BCUT2D eigenvalue weighted by molar-refractivity contribution is -0.137. The molecule has 0 aliphatic rings. The lowest BCUT2D eigenvalue weighted by atomic mass is 10.1. The van der Waals surface area contributed by atoms with Crippen LogP contribution in [-0.4, -0.2) is 24.6 Å². The van der Waals surface area contributed by atoms with Crippen molar-refractivity contribution in [3.63, 3.8) is 0 Å². The molecule has 0 spiro atoms. The first-order chi connectivity index (χ1) is 15.8. The van der Waals surface area contributed by atoms with Gasteiger partial charge in [0.05, 0.1) is 11.7 Å². The second kappa shape index (κ2) is 15.7. The third-order valence-electron chi connectivity index (χ3n) is 4.85. The predicted octanol–water partition coefficient (Wildman–Crippen LogP) is 6.90. The van der Waals surface area contributed by atoms with E-state index in [2.05, 4.69) is 5.32 Å². The molecule has 0 amide bonds. The normalized spacial score (nSPS) is 12.5. The Balaban J connectivity index is 0.000000407. The van der Waals surface area contributed by atoms with Crippen LogP contribution in [0.2, 0.25) is 0 Å². The molecular formula is C26H31ClF3NO2S. The standard InChI is InChI=1S/C17H18F3NO.C9H11ClO.H2S/c1-21-12-11-16(13-5-3-2-4-6-13)22-15-9-7-14(8-10-15)17(18,19)20;10-7-6-9(11)8-4-2-1-3-5-8;/h2-10,16,21H,11-12H2,1H3;1-5,9,11H,6-7H2;1H2/t16-;9-;/m00./s1. The van der Waals surface area contributed by atoms with Gasteiger partial charge in [-0.1, -0.05) is 60.7 Å². The van der Waals surface area contributed by atoms with Gasteiger partial charge in [0, 0.05) is 12.3 Å². The van der Waals surface area contributed by atoms with E-state index in [0.717, 1.165) is 36.2 Å². The van der Waals surface area contributed by atoms with E-state index in [-0.39, 0.29) is 19.6 Å². The van der Waals surface area contributed by atoms with Gasteiger partial charge in [0.15, 0.2) is 0 Å². The zero-order valence-electron chi connectivity index (χ0n) is 18.9. The van der Waals surface area contributed by atoms with E-state index in [1.165, 1.54) is 12.1 Å². The summed E-state index contributed by atoms with van der Waals surface area (Å²) in [4.78, 5) is 0. The van der Waals surface area contributed by atoms with Crippen LogP contribution < -0.4 is 10.1 Å². The van der Waals surface area contributed by atoms with Crippen LogP contribution in [0.5, 0.6) is 5.75 Å². The minimum atomic E-state index is -4.33. The molecule has 3 aromatic carbocycles. The number of nitrogens with one attached hydrogen (secondary N) is 1. The van der Waals surface area contributed by atoms with Crippen molar-refractivity contribution in [1.82, 2.24) is 5.32 Å². The number of alkyl halides is 4. The highest BCUT2D eigenvalue weighted by atomic mass is 35.5. The van der Waals surface area contributed by atoms with Gasteiger partial charge in [-0.2, -0.15) is 26.7 Å². The molecule has 0 unspecified atom stereocenters. The van der Waals surface area contributed by atoms with Crippen molar-refractivity contribution in [1.29, 1.82) is 0 Å². The van der Waals surface area contributed by atoms with Crippen molar-refractivity contribution in [3.8, 4) is 5.75 Å². The second-order valence-electron chi connectivity index (χ2n) is 7.34. The van der Waals surface area contributed by atoms with Crippen LogP contribution in [0.3, 0.4) is 0 Å². The summed E-state index contributed by atoms with van der Waals surface area (Å²) in [7, 11) is 1.85. The van der Waals surface area contributed by atoms with Gasteiger partial charge >= 0.3 is 6.18 Å². The van der Waals surface area contributed by atoms with Gasteiger partial charge < -0.3 is 15.2 Å². The maximum atomic E-state index is 12.6. The van der Waals surface area contributed by atoms with Crippen LogP contribution >= 0.6 is 25.1 Å². The van der Waals surface area contributed by atoms with Crippen molar-refractivity contribution in [2.24, 2.45) is 0 Å². The summed E-state index contributed by atoms with van der Waals surface area (Å²) < 4.78 is 43.6. The molecule has 3 nitrogen and oxygen atoms in total. The van der Waals surface area contributed by atoms with E-state index in [1.807, 2.05) is 67.7 Å². The van der Waals surface area contributed by atoms with Crippen molar-refractivity contribution in [2.75, 3.05) is 19.5 Å². The molecule has 2 atom stereocenters. The van der Waals surface area contributed by atoms with Crippen molar-refractivity contribution >= 4 is 25.1 Å². The van der Waals surface area contributed by atoms with Crippen LogP contribution in [0.4, 0.5) is 13.2 Å². The first-order valence-electron chi connectivity index (χ1n) is 10.7. The maximum absolute atomic E-state index is 12.6. The summed E-state index contributed by atoms with van der Waals surface area (Å²) in [5.41, 5.74) is 1.26. The largest absolute Gasteiger partial charge is 0.486 e. The third-order valence-corrected chi connectivity index (χ3v) is 5.07. The lowest BCUT2D eigenvalue weighted by Gasteiger charge is -2.20. The Morgan fingerprint density at radius 3 is 1.85 bits per heavy atom. The average molecular weight is 514 g/mol. The van der Waals surface area contributed by atoms with Crippen molar-refractivity contribution < 1.29 is 23.0 Å². The van der Waals surface area contributed by atoms with Crippen LogP contribution in [0.1, 0.15) is 41.7 Å². The number of halogens is 4. The molecule has 3 aromatic rings. The highest BCUT2D eigenvalue weighted by Crippen LogP contribution is 2.31. The van der Waals surface area contributed by atoms with E-state index in [4.69, 9.17) is 16.3 Å². The molecule has 2 N–H and O–H groups in total. The minimum absolute atomic E-state index is 0. The van der Waals surface area contributed by atoms with Gasteiger partial charge in [-0.3, -0.25) is 0 Å². The molecule has 0 aliphatic carbocycles. The molecule has 0 aliphatic heterocycles. The highest BCUT2D eigenvalue weighted by molar-refractivity contribution is 7.59. The zero-order valence-corrected chi connectivity index (χ0v) is 20.7. The first-order valence-corrected chi connectivity index (χ1v) is 11.2. The van der Waals surface area contributed by atoms with Crippen LogP contribution in [0.25, 0.3) is 0 Å². The molecule has 186 valence electrons. The molecule has 8 heteroatoms. The quantitative estimate of drug-likeness (QED) is 0.306. The summed E-state index contributed by atoms with van der Waals surface area (Å²) in [6, 6.07) is 24.0. The fourth-order valence-corrected chi connectivity index (χ4v) is 3.28. The van der Waals surface area contributed by atoms with Gasteiger partial charge in [-0.15, -0.1) is 11.6 Å². The Hall–Kier alpha value is -2.19. The minimum Gasteiger partial charge on any atom is -0.486 e. The molecule has 0 saturated heterocycles. The summed E-state index contributed by atoms with van der Waals surface area (Å²) in [6.07, 6.45) is -3.60. The van der Waals surface area contributed by atoms with Crippen LogP contribution in [-0.2, 0) is 6.18 Å². The van der Waals surface area contributed by atoms with Gasteiger partial charge in [0.1, 0.15) is 11.9 Å². The Morgan fingerprint density at radius 1 is 0.853 bits per heavy atom. The van der Waals surface area contributed by atoms with E-state index < -0.39 is 17.8 Å². The molecular weight excluding hydrogens is 483 g/mol. The Morgan fingerprint density at radius 2 is 1.38 bits per heavy atom. The first kappa shape index (κ1) is 29.8. The van der Waals surface area contributed by atoms with E-state index in [9.17, 15) is 18.3 Å². The fraction of sp³-hybridized carbons (Fsp3) is 0.308. The average Bonchev–Trinajstić information content (AvgIpc) is 2.83. The second-order valence-corrected chi connectivity index (χ2v) is 7.71. The maximum Gasteiger partial charge on any atom is 0.416 e. The van der Waals surface area contributed by atoms with Gasteiger partial charge in [-0.05, 0) is 55.4 Å². The molecule has 0 saturated carbocycles. The number of hydrogen-bond acceptors (Lipinski definition) is 3. The van der Waals surface area contributed by atoms with E-state index >= 15 is 0 Å². The van der Waals surface area contributed by atoms with Crippen LogP contribution in [0, 0.1) is 0 Å². The summed E-state index contributed by atoms with van der Waals surface area (Å²) in [5.74, 6) is 0.925. The molecule has 3 rings (SSSR count). The number of ether oxygens (including phenoxy) is 1. The Labute approximate surface area is 211 Å². The third kappa shape index (κ3) is 10.4. The summed E-state index contributed by atoms with van der Waals surface area (Å²) in [5, 5.41) is 12.5. The molecule has 34 heavy (non-hydrogen) atoms. The van der Waals surface area contributed by atoms with Gasteiger partial charge in [-0.25, -0.2) is 0 Å². The smallest absolute Gasteiger partial charge is 0.416 e. The number of benzene rings is 3.